The van der Waals surface area contributed by atoms with Gasteiger partial charge in [-0.3, -0.25) is 14.5 Å². The van der Waals surface area contributed by atoms with Crippen LogP contribution in [-0.2, 0) is 13.1 Å². The summed E-state index contributed by atoms with van der Waals surface area (Å²) >= 11 is 0. The molecule has 4 nitrogen and oxygen atoms in total. The normalized spacial score (nSPS) is 32.7. The topological polar surface area (TPSA) is 24.3 Å². The Balaban J connectivity index is 1.44. The molecule has 0 N–H and O–H groups in total. The molecule has 0 aliphatic carbocycles. The van der Waals surface area contributed by atoms with Crippen LogP contribution in [0.15, 0.2) is 36.5 Å². The number of rotatable bonds is 5. The van der Waals surface area contributed by atoms with Gasteiger partial charge in [-0.15, -0.1) is 0 Å². The van der Waals surface area contributed by atoms with Crippen molar-refractivity contribution in [3.05, 3.63) is 53.3 Å². The van der Waals surface area contributed by atoms with Gasteiger partial charge in [0.05, 0.1) is 5.69 Å². The lowest BCUT2D eigenvalue weighted by atomic mass is 9.75. The lowest BCUT2D eigenvalue weighted by Gasteiger charge is -2.51. The highest BCUT2D eigenvalue weighted by Crippen LogP contribution is 2.47. The molecular weight excluding hydrogens is 332 g/mol. The van der Waals surface area contributed by atoms with E-state index in [1.165, 1.54) is 49.3 Å². The fourth-order valence-electron chi connectivity index (χ4n) is 5.99. The van der Waals surface area contributed by atoms with E-state index >= 15 is 0 Å². The third-order valence-electron chi connectivity index (χ3n) is 7.20. The van der Waals surface area contributed by atoms with Crippen LogP contribution < -0.4 is 0 Å². The Kier molecular flexibility index (Phi) is 4.57. The van der Waals surface area contributed by atoms with Gasteiger partial charge < -0.3 is 0 Å². The molecule has 144 valence electrons. The molecule has 1 aromatic heterocycles. The van der Waals surface area contributed by atoms with Crippen LogP contribution in [0.4, 0.5) is 0 Å². The number of aromatic nitrogens is 2. The quantitative estimate of drug-likeness (QED) is 0.809. The lowest BCUT2D eigenvalue weighted by Crippen LogP contribution is -2.59. The fourth-order valence-corrected chi connectivity index (χ4v) is 5.99. The Morgan fingerprint density at radius 3 is 2.59 bits per heavy atom. The van der Waals surface area contributed by atoms with Gasteiger partial charge in [0.15, 0.2) is 0 Å². The molecule has 2 aromatic rings. The second-order valence-corrected chi connectivity index (χ2v) is 8.80. The number of piperidine rings is 3. The Labute approximate surface area is 163 Å². The van der Waals surface area contributed by atoms with Crippen LogP contribution in [0.5, 0.6) is 0 Å². The molecule has 4 aliphatic heterocycles. The summed E-state index contributed by atoms with van der Waals surface area (Å²) in [5, 5.41) is 4.75. The third-order valence-corrected chi connectivity index (χ3v) is 7.20. The van der Waals surface area contributed by atoms with E-state index in [1.54, 1.807) is 0 Å². The number of hydrogen-bond acceptors (Lipinski definition) is 3. The van der Waals surface area contributed by atoms with Gasteiger partial charge in [-0.25, -0.2) is 0 Å². The van der Waals surface area contributed by atoms with Crippen LogP contribution >= 0.6 is 0 Å². The first-order chi connectivity index (χ1) is 13.2. The van der Waals surface area contributed by atoms with Crippen LogP contribution in [-0.4, -0.2) is 51.3 Å². The zero-order valence-electron chi connectivity index (χ0n) is 16.7. The first kappa shape index (κ1) is 17.4. The predicted octanol–water partition coefficient (Wildman–Crippen LogP) is 3.66. The van der Waals surface area contributed by atoms with Crippen molar-refractivity contribution in [3.63, 3.8) is 0 Å². The summed E-state index contributed by atoms with van der Waals surface area (Å²) in [4.78, 5) is 5.61. The largest absolute Gasteiger partial charge is 0.298 e. The molecule has 6 rings (SSSR count). The van der Waals surface area contributed by atoms with Crippen LogP contribution in [0.1, 0.15) is 48.9 Å². The summed E-state index contributed by atoms with van der Waals surface area (Å²) in [7, 11) is 0. The van der Waals surface area contributed by atoms with Crippen molar-refractivity contribution >= 4 is 0 Å². The molecule has 4 aliphatic rings. The van der Waals surface area contributed by atoms with Gasteiger partial charge in [0.25, 0.3) is 0 Å². The zero-order chi connectivity index (χ0) is 18.4. The summed E-state index contributed by atoms with van der Waals surface area (Å²) in [5.41, 5.74) is 4.16. The van der Waals surface area contributed by atoms with E-state index in [2.05, 4.69) is 64.9 Å². The predicted molar refractivity (Wildman–Crippen MR) is 109 cm³/mol. The molecule has 27 heavy (non-hydrogen) atoms. The van der Waals surface area contributed by atoms with Crippen LogP contribution in [0.3, 0.4) is 0 Å². The van der Waals surface area contributed by atoms with Crippen molar-refractivity contribution in [1.82, 2.24) is 19.6 Å². The molecule has 0 saturated carbocycles. The third kappa shape index (κ3) is 3.03. The molecule has 0 radical (unpaired) electrons. The van der Waals surface area contributed by atoms with Crippen LogP contribution in [0.25, 0.3) is 0 Å². The number of aryl methyl sites for hydroxylation is 2. The second-order valence-electron chi connectivity index (χ2n) is 8.80. The highest BCUT2D eigenvalue weighted by Gasteiger charge is 2.53. The van der Waals surface area contributed by atoms with E-state index in [0.717, 1.165) is 25.4 Å². The first-order valence-corrected chi connectivity index (χ1v) is 10.8. The molecule has 0 spiro atoms. The molecule has 4 fully saturated rings. The van der Waals surface area contributed by atoms with Gasteiger partial charge in [-0.2, -0.15) is 5.10 Å². The Morgan fingerprint density at radius 2 is 1.85 bits per heavy atom. The van der Waals surface area contributed by atoms with Gasteiger partial charge >= 0.3 is 0 Å². The number of benzene rings is 1. The number of nitrogens with zero attached hydrogens (tertiary/aromatic N) is 4. The van der Waals surface area contributed by atoms with E-state index in [9.17, 15) is 0 Å². The van der Waals surface area contributed by atoms with Gasteiger partial charge in [-0.1, -0.05) is 37.3 Å². The molecule has 0 amide bonds. The van der Waals surface area contributed by atoms with E-state index in [-0.39, 0.29) is 0 Å². The monoisotopic (exact) mass is 364 g/mol. The van der Waals surface area contributed by atoms with Crippen molar-refractivity contribution in [2.75, 3.05) is 19.6 Å². The number of likely N-dealkylation sites (tertiary alicyclic amines) is 1. The minimum Gasteiger partial charge on any atom is -0.298 e. The maximum atomic E-state index is 4.75. The summed E-state index contributed by atoms with van der Waals surface area (Å²) in [6, 6.07) is 12.7. The van der Waals surface area contributed by atoms with E-state index in [4.69, 9.17) is 5.10 Å². The standard InChI is InChI=1S/C23H32N4/c1-3-11-27-15-20(17(2)24-27)14-26-16-21(18-7-5-4-6-8-18)23-22(26)19-9-12-25(23)13-10-19/h4-8,15,19,21-23H,3,9-14,16H2,1-2H3/t21-,22+,23+/m1/s1. The molecular formula is C23H32N4. The van der Waals surface area contributed by atoms with Gasteiger partial charge in [0.1, 0.15) is 0 Å². The number of fused-ring (bicyclic) bond motifs is 2. The first-order valence-electron chi connectivity index (χ1n) is 10.8. The SMILES string of the molecule is CCCn1cc(CN2C[C@H](c3ccccc3)[C@H]3[C@@H]2C2CCN3CC2)c(C)n1. The highest BCUT2D eigenvalue weighted by atomic mass is 15.3. The van der Waals surface area contributed by atoms with Gasteiger partial charge in [0.2, 0.25) is 0 Å². The fraction of sp³-hybridized carbons (Fsp3) is 0.609. The average molecular weight is 365 g/mol. The van der Waals surface area contributed by atoms with Crippen molar-refractivity contribution in [1.29, 1.82) is 0 Å². The van der Waals surface area contributed by atoms with E-state index in [0.29, 0.717) is 18.0 Å². The van der Waals surface area contributed by atoms with Crippen molar-refractivity contribution in [2.24, 2.45) is 5.92 Å². The summed E-state index contributed by atoms with van der Waals surface area (Å²) in [6.45, 7) is 10.3. The highest BCUT2D eigenvalue weighted by molar-refractivity contribution is 5.28. The molecule has 2 bridgehead atoms. The van der Waals surface area contributed by atoms with Crippen molar-refractivity contribution in [2.45, 2.75) is 64.2 Å². The van der Waals surface area contributed by atoms with Crippen molar-refractivity contribution < 1.29 is 0 Å². The average Bonchev–Trinajstić information content (AvgIpc) is 3.26. The minimum absolute atomic E-state index is 0.644. The molecule has 4 heteroatoms. The van der Waals surface area contributed by atoms with E-state index < -0.39 is 0 Å². The summed E-state index contributed by atoms with van der Waals surface area (Å²) in [6.07, 6.45) is 6.20. The van der Waals surface area contributed by atoms with Crippen molar-refractivity contribution in [3.8, 4) is 0 Å². The Morgan fingerprint density at radius 1 is 1.07 bits per heavy atom. The molecule has 3 atom stereocenters. The molecule has 0 unspecified atom stereocenters. The Hall–Kier alpha value is -1.65. The van der Waals surface area contributed by atoms with Gasteiger partial charge in [0, 0.05) is 49.4 Å². The van der Waals surface area contributed by atoms with Crippen LogP contribution in [0.2, 0.25) is 0 Å². The zero-order valence-corrected chi connectivity index (χ0v) is 16.7. The summed E-state index contributed by atoms with van der Waals surface area (Å²) < 4.78 is 2.14. The minimum atomic E-state index is 0.644. The Bertz CT molecular complexity index is 775. The van der Waals surface area contributed by atoms with Gasteiger partial charge in [-0.05, 0) is 50.8 Å². The smallest absolute Gasteiger partial charge is 0.0638 e. The molecule has 1 aromatic carbocycles. The number of hydrogen-bond donors (Lipinski definition) is 0. The van der Waals surface area contributed by atoms with Crippen LogP contribution in [0, 0.1) is 12.8 Å². The second kappa shape index (κ2) is 7.06. The maximum Gasteiger partial charge on any atom is 0.0638 e. The maximum absolute atomic E-state index is 4.75. The molecule has 5 heterocycles. The summed E-state index contributed by atoms with van der Waals surface area (Å²) in [5.74, 6) is 1.52. The lowest BCUT2D eigenvalue weighted by molar-refractivity contribution is -0.00873. The van der Waals surface area contributed by atoms with E-state index in [1.807, 2.05) is 0 Å². The molecule has 4 saturated heterocycles.